The average molecular weight is 368 g/mol. The van der Waals surface area contributed by atoms with E-state index in [1.54, 1.807) is 48.5 Å². The van der Waals surface area contributed by atoms with Crippen LogP contribution >= 0.6 is 0 Å². The van der Waals surface area contributed by atoms with Gasteiger partial charge in [-0.2, -0.15) is 0 Å². The molecule has 140 valence electrons. The van der Waals surface area contributed by atoms with Gasteiger partial charge in [0.15, 0.2) is 0 Å². The van der Waals surface area contributed by atoms with E-state index in [-0.39, 0.29) is 18.2 Å². The highest BCUT2D eigenvalue weighted by atomic mass is 16.5. The number of hydrogen-bond donors (Lipinski definition) is 1. The molecule has 1 atom stereocenters. The second-order valence-corrected chi connectivity index (χ2v) is 5.93. The fourth-order valence-electron chi connectivity index (χ4n) is 2.96. The zero-order valence-corrected chi connectivity index (χ0v) is 15.1. The van der Waals surface area contributed by atoms with Crippen molar-refractivity contribution in [2.24, 2.45) is 0 Å². The predicted molar refractivity (Wildman–Crippen MR) is 99.9 cm³/mol. The molecule has 1 aliphatic rings. The fourth-order valence-corrected chi connectivity index (χ4v) is 2.96. The molecule has 1 N–H and O–H groups in total. The van der Waals surface area contributed by atoms with Crippen LogP contribution in [0.2, 0.25) is 0 Å². The van der Waals surface area contributed by atoms with Crippen molar-refractivity contribution in [2.45, 2.75) is 19.4 Å². The molecule has 2 aromatic carbocycles. The van der Waals surface area contributed by atoms with Crippen molar-refractivity contribution >= 4 is 29.2 Å². The maximum Gasteiger partial charge on any atom is 0.339 e. The number of ether oxygens (including phenoxy) is 2. The Labute approximate surface area is 156 Å². The van der Waals surface area contributed by atoms with Crippen LogP contribution in [0.3, 0.4) is 0 Å². The monoisotopic (exact) mass is 368 g/mol. The quantitative estimate of drug-likeness (QED) is 0.623. The van der Waals surface area contributed by atoms with E-state index in [4.69, 9.17) is 9.47 Å². The lowest BCUT2D eigenvalue weighted by molar-refractivity contribution is -0.121. The van der Waals surface area contributed by atoms with Gasteiger partial charge in [0.2, 0.25) is 5.91 Å². The smallest absolute Gasteiger partial charge is 0.339 e. The van der Waals surface area contributed by atoms with Crippen molar-refractivity contribution in [3.8, 4) is 5.75 Å². The average Bonchev–Trinajstić information content (AvgIpc) is 2.96. The van der Waals surface area contributed by atoms with Gasteiger partial charge in [0.25, 0.3) is 5.91 Å². The summed E-state index contributed by atoms with van der Waals surface area (Å²) in [6.07, 6.45) is 0.00154. The SMILES string of the molecule is CCOc1ccc(N2C(=O)CC(Nc3ccccc3C(=O)OC)C2=O)cc1. The summed E-state index contributed by atoms with van der Waals surface area (Å²) in [5, 5.41) is 3.00. The van der Waals surface area contributed by atoms with E-state index in [2.05, 4.69) is 5.32 Å². The fraction of sp³-hybridized carbons (Fsp3) is 0.250. The molecule has 0 saturated carbocycles. The van der Waals surface area contributed by atoms with Gasteiger partial charge in [0.05, 0.1) is 31.4 Å². The first-order chi connectivity index (χ1) is 13.0. The molecule has 7 heteroatoms. The van der Waals surface area contributed by atoms with Crippen LogP contribution in [0.1, 0.15) is 23.7 Å². The van der Waals surface area contributed by atoms with Gasteiger partial charge < -0.3 is 14.8 Å². The van der Waals surface area contributed by atoms with Crippen LogP contribution < -0.4 is 15.0 Å². The molecule has 2 amide bonds. The maximum atomic E-state index is 12.8. The number of esters is 1. The number of benzene rings is 2. The summed E-state index contributed by atoms with van der Waals surface area (Å²) in [7, 11) is 1.29. The van der Waals surface area contributed by atoms with Crippen LogP contribution in [-0.4, -0.2) is 37.5 Å². The van der Waals surface area contributed by atoms with Gasteiger partial charge in [0, 0.05) is 5.69 Å². The number of rotatable bonds is 6. The van der Waals surface area contributed by atoms with Crippen molar-refractivity contribution < 1.29 is 23.9 Å². The number of carbonyl (C=O) groups excluding carboxylic acids is 3. The number of amides is 2. The standard InChI is InChI=1S/C20H20N2O5/c1-3-27-14-10-8-13(9-11-14)22-18(23)12-17(19(22)24)21-16-7-5-4-6-15(16)20(25)26-2/h4-11,17,21H,3,12H2,1-2H3. The largest absolute Gasteiger partial charge is 0.494 e. The van der Waals surface area contributed by atoms with Gasteiger partial charge in [-0.15, -0.1) is 0 Å². The lowest BCUT2D eigenvalue weighted by Gasteiger charge is -2.17. The summed E-state index contributed by atoms with van der Waals surface area (Å²) in [5.41, 5.74) is 1.24. The second kappa shape index (κ2) is 7.90. The molecule has 1 heterocycles. The minimum atomic E-state index is -0.755. The van der Waals surface area contributed by atoms with Crippen LogP contribution in [0.5, 0.6) is 5.75 Å². The van der Waals surface area contributed by atoms with Crippen LogP contribution in [0.15, 0.2) is 48.5 Å². The van der Waals surface area contributed by atoms with Gasteiger partial charge >= 0.3 is 5.97 Å². The summed E-state index contributed by atoms with van der Waals surface area (Å²) in [6.45, 7) is 2.41. The molecule has 1 fully saturated rings. The summed E-state index contributed by atoms with van der Waals surface area (Å²) >= 11 is 0. The molecule has 7 nitrogen and oxygen atoms in total. The first kappa shape index (κ1) is 18.4. The Balaban J connectivity index is 1.80. The minimum absolute atomic E-state index is 0.00154. The molecule has 0 aromatic heterocycles. The van der Waals surface area contributed by atoms with Gasteiger partial charge in [-0.3, -0.25) is 9.59 Å². The minimum Gasteiger partial charge on any atom is -0.494 e. The third-order valence-corrected chi connectivity index (χ3v) is 4.21. The second-order valence-electron chi connectivity index (χ2n) is 5.93. The molecule has 27 heavy (non-hydrogen) atoms. The summed E-state index contributed by atoms with van der Waals surface area (Å²) < 4.78 is 10.1. The first-order valence-corrected chi connectivity index (χ1v) is 8.58. The van der Waals surface area contributed by atoms with E-state index in [1.807, 2.05) is 6.92 Å². The molecular weight excluding hydrogens is 348 g/mol. The highest BCUT2D eigenvalue weighted by Crippen LogP contribution is 2.27. The van der Waals surface area contributed by atoms with Crippen molar-refractivity contribution in [1.29, 1.82) is 0 Å². The van der Waals surface area contributed by atoms with Crippen molar-refractivity contribution in [3.63, 3.8) is 0 Å². The number of imide groups is 1. The molecule has 0 spiro atoms. The Hall–Kier alpha value is -3.35. The zero-order chi connectivity index (χ0) is 19.4. The topological polar surface area (TPSA) is 84.9 Å². The van der Waals surface area contributed by atoms with Crippen LogP contribution in [0.4, 0.5) is 11.4 Å². The highest BCUT2D eigenvalue weighted by Gasteiger charge is 2.40. The summed E-state index contributed by atoms with van der Waals surface area (Å²) in [6, 6.07) is 12.7. The van der Waals surface area contributed by atoms with Crippen LogP contribution in [-0.2, 0) is 14.3 Å². The normalized spacial score (nSPS) is 16.4. The van der Waals surface area contributed by atoms with Gasteiger partial charge in [-0.1, -0.05) is 12.1 Å². The van der Waals surface area contributed by atoms with Crippen molar-refractivity contribution in [3.05, 3.63) is 54.1 Å². The highest BCUT2D eigenvalue weighted by molar-refractivity contribution is 6.23. The Morgan fingerprint density at radius 3 is 2.52 bits per heavy atom. The molecule has 1 unspecified atom stereocenters. The van der Waals surface area contributed by atoms with Crippen LogP contribution in [0.25, 0.3) is 0 Å². The Morgan fingerprint density at radius 1 is 1.15 bits per heavy atom. The number of carbonyl (C=O) groups is 3. The number of anilines is 2. The molecule has 1 aliphatic heterocycles. The summed E-state index contributed by atoms with van der Waals surface area (Å²) in [5.74, 6) is -0.527. The maximum absolute atomic E-state index is 12.8. The molecule has 2 aromatic rings. The Bertz CT molecular complexity index is 863. The van der Waals surface area contributed by atoms with Gasteiger partial charge in [-0.25, -0.2) is 9.69 Å². The molecule has 0 bridgehead atoms. The number of hydrogen-bond acceptors (Lipinski definition) is 6. The zero-order valence-electron chi connectivity index (χ0n) is 15.1. The first-order valence-electron chi connectivity index (χ1n) is 8.58. The van der Waals surface area contributed by atoms with Gasteiger partial charge in [-0.05, 0) is 43.3 Å². The third kappa shape index (κ3) is 3.76. The molecule has 0 radical (unpaired) electrons. The van der Waals surface area contributed by atoms with Crippen molar-refractivity contribution in [2.75, 3.05) is 23.9 Å². The van der Waals surface area contributed by atoms with E-state index >= 15 is 0 Å². The third-order valence-electron chi connectivity index (χ3n) is 4.21. The number of nitrogens with one attached hydrogen (secondary N) is 1. The molecule has 0 aliphatic carbocycles. The van der Waals surface area contributed by atoms with E-state index in [0.717, 1.165) is 4.90 Å². The molecule has 1 saturated heterocycles. The molecule has 3 rings (SSSR count). The van der Waals surface area contributed by atoms with Crippen molar-refractivity contribution in [1.82, 2.24) is 0 Å². The van der Waals surface area contributed by atoms with E-state index in [9.17, 15) is 14.4 Å². The Kier molecular flexibility index (Phi) is 5.40. The Morgan fingerprint density at radius 2 is 1.85 bits per heavy atom. The van der Waals surface area contributed by atoms with E-state index in [1.165, 1.54) is 7.11 Å². The van der Waals surface area contributed by atoms with E-state index in [0.29, 0.717) is 29.3 Å². The lowest BCUT2D eigenvalue weighted by Crippen LogP contribution is -2.35. The summed E-state index contributed by atoms with van der Waals surface area (Å²) in [4.78, 5) is 38.2. The predicted octanol–water partition coefficient (Wildman–Crippen LogP) is 2.62. The van der Waals surface area contributed by atoms with E-state index < -0.39 is 12.0 Å². The molecular formula is C20H20N2O5. The number of nitrogens with zero attached hydrogens (tertiary/aromatic N) is 1. The van der Waals surface area contributed by atoms with Crippen LogP contribution in [0, 0.1) is 0 Å². The number of para-hydroxylation sites is 1. The van der Waals surface area contributed by atoms with Gasteiger partial charge in [0.1, 0.15) is 11.8 Å². The number of methoxy groups -OCH3 is 1. The lowest BCUT2D eigenvalue weighted by atomic mass is 10.1.